The predicted molar refractivity (Wildman–Crippen MR) is 107 cm³/mol. The Balaban J connectivity index is 1.54. The quantitative estimate of drug-likeness (QED) is 0.533. The molecule has 6 nitrogen and oxygen atoms in total. The summed E-state index contributed by atoms with van der Waals surface area (Å²) in [7, 11) is 1.85. The number of rotatable bonds is 7. The molecule has 0 aliphatic carbocycles. The number of aromatic nitrogens is 4. The molecule has 2 aromatic carbocycles. The van der Waals surface area contributed by atoms with Gasteiger partial charge in [-0.1, -0.05) is 36.4 Å². The van der Waals surface area contributed by atoms with Gasteiger partial charge >= 0.3 is 0 Å². The summed E-state index contributed by atoms with van der Waals surface area (Å²) < 4.78 is 5.73. The number of hydrogen-bond acceptors (Lipinski definition) is 4. The molecule has 0 aliphatic heterocycles. The van der Waals surface area contributed by atoms with E-state index in [-0.39, 0.29) is 5.92 Å². The first-order valence-electron chi connectivity index (χ1n) is 9.02. The van der Waals surface area contributed by atoms with Gasteiger partial charge in [-0.25, -0.2) is 10.3 Å². The second-order valence-electron chi connectivity index (χ2n) is 6.38. The molecule has 139 valence electrons. The van der Waals surface area contributed by atoms with Crippen LogP contribution in [0.1, 0.15) is 17.0 Å². The molecule has 1 radical (unpaired) electrons. The van der Waals surface area contributed by atoms with Crippen LogP contribution in [-0.4, -0.2) is 33.8 Å². The normalized spacial score (nSPS) is 11.9. The molecule has 0 amide bonds. The highest BCUT2D eigenvalue weighted by molar-refractivity contribution is 5.62. The minimum atomic E-state index is 0.189. The van der Waals surface area contributed by atoms with Crippen LogP contribution in [-0.2, 0) is 0 Å². The summed E-state index contributed by atoms with van der Waals surface area (Å²) in [6.07, 6.45) is 8.53. The van der Waals surface area contributed by atoms with Crippen LogP contribution in [0.4, 0.5) is 0 Å². The van der Waals surface area contributed by atoms with Crippen molar-refractivity contribution in [1.82, 2.24) is 25.5 Å². The topological polar surface area (TPSA) is 77.8 Å². The summed E-state index contributed by atoms with van der Waals surface area (Å²) in [5.74, 6) is 1.39. The molecule has 4 rings (SSSR count). The van der Waals surface area contributed by atoms with Crippen molar-refractivity contribution in [3.05, 3.63) is 90.6 Å². The van der Waals surface area contributed by atoms with Crippen LogP contribution in [0.2, 0.25) is 0 Å². The highest BCUT2D eigenvalue weighted by Crippen LogP contribution is 2.29. The smallest absolute Gasteiger partial charge is 0.237 e. The number of nitrogens with one attached hydrogen (secondary N) is 1. The minimum Gasteiger partial charge on any atom is -0.438 e. The van der Waals surface area contributed by atoms with E-state index in [2.05, 4.69) is 61.9 Å². The van der Waals surface area contributed by atoms with Crippen LogP contribution < -0.4 is 10.1 Å². The lowest BCUT2D eigenvalue weighted by Gasteiger charge is -2.18. The summed E-state index contributed by atoms with van der Waals surface area (Å²) in [6.45, 7) is 0.718. The Labute approximate surface area is 163 Å². The maximum atomic E-state index is 5.73. The van der Waals surface area contributed by atoms with E-state index in [9.17, 15) is 0 Å². The van der Waals surface area contributed by atoms with Crippen molar-refractivity contribution in [1.29, 1.82) is 0 Å². The van der Waals surface area contributed by atoms with Gasteiger partial charge in [0.05, 0.1) is 12.4 Å². The Morgan fingerprint density at radius 3 is 2.29 bits per heavy atom. The van der Waals surface area contributed by atoms with Gasteiger partial charge in [0.25, 0.3) is 0 Å². The molecular weight excluding hydrogens is 350 g/mol. The maximum absolute atomic E-state index is 5.73. The van der Waals surface area contributed by atoms with Crippen LogP contribution in [0.5, 0.6) is 11.6 Å². The molecule has 0 aliphatic rings. The molecular formula is C22H20N5O. The monoisotopic (exact) mass is 370 g/mol. The first kappa shape index (κ1) is 17.9. The lowest BCUT2D eigenvalue weighted by molar-refractivity contribution is 0.460. The lowest BCUT2D eigenvalue weighted by Crippen LogP contribution is -2.13. The van der Waals surface area contributed by atoms with Gasteiger partial charge in [-0.15, -0.1) is 0 Å². The van der Waals surface area contributed by atoms with Crippen LogP contribution in [0, 0.1) is 0 Å². The average molecular weight is 370 g/mol. The van der Waals surface area contributed by atoms with Crippen molar-refractivity contribution < 1.29 is 4.74 Å². The third-order valence-corrected chi connectivity index (χ3v) is 4.55. The van der Waals surface area contributed by atoms with E-state index in [0.717, 1.165) is 23.4 Å². The molecule has 1 unspecified atom stereocenters. The number of H-pyrrole nitrogens is 1. The van der Waals surface area contributed by atoms with Gasteiger partial charge in [0.1, 0.15) is 5.75 Å². The molecule has 4 aromatic rings. The molecule has 0 fully saturated rings. The number of nitrogens with zero attached hydrogens (tertiary/aromatic N) is 4. The van der Waals surface area contributed by atoms with Gasteiger partial charge in [0, 0.05) is 43.7 Å². The Morgan fingerprint density at radius 2 is 1.68 bits per heavy atom. The summed E-state index contributed by atoms with van der Waals surface area (Å²) in [5, 5.41) is 11.2. The van der Waals surface area contributed by atoms with Gasteiger partial charge < -0.3 is 4.74 Å². The van der Waals surface area contributed by atoms with Crippen molar-refractivity contribution in [3.63, 3.8) is 0 Å². The van der Waals surface area contributed by atoms with Crippen LogP contribution >= 0.6 is 0 Å². The zero-order valence-electron chi connectivity index (χ0n) is 15.5. The summed E-state index contributed by atoms with van der Waals surface area (Å²) >= 11 is 0. The van der Waals surface area contributed by atoms with Gasteiger partial charge in [0.2, 0.25) is 5.88 Å². The van der Waals surface area contributed by atoms with Crippen molar-refractivity contribution >= 4 is 0 Å². The van der Waals surface area contributed by atoms with Crippen molar-refractivity contribution in [2.75, 3.05) is 13.6 Å². The van der Waals surface area contributed by atoms with Crippen molar-refractivity contribution in [2.45, 2.75) is 5.92 Å². The van der Waals surface area contributed by atoms with Gasteiger partial charge in [0.15, 0.2) is 0 Å². The molecule has 0 saturated carbocycles. The molecule has 28 heavy (non-hydrogen) atoms. The van der Waals surface area contributed by atoms with E-state index in [1.54, 1.807) is 18.6 Å². The number of ether oxygens (including phenoxy) is 1. The standard InChI is InChI=1S/C22H20N5O/c1-23-14-21(17-4-2-16(3-5-17)19-12-26-27-13-19)18-6-8-20(9-7-18)28-22-15-24-10-11-25-22/h2-13,15,21H,14H2,1H3,(H,26,27). The number of aromatic amines is 1. The fourth-order valence-electron chi connectivity index (χ4n) is 3.13. The van der Waals surface area contributed by atoms with E-state index in [1.807, 2.05) is 31.6 Å². The molecule has 2 aromatic heterocycles. The van der Waals surface area contributed by atoms with E-state index < -0.39 is 0 Å². The molecule has 1 atom stereocenters. The van der Waals surface area contributed by atoms with Crippen LogP contribution in [0.25, 0.3) is 11.1 Å². The minimum absolute atomic E-state index is 0.189. The van der Waals surface area contributed by atoms with Crippen LogP contribution in [0.15, 0.2) is 79.5 Å². The van der Waals surface area contributed by atoms with Gasteiger partial charge in [-0.2, -0.15) is 5.10 Å². The predicted octanol–water partition coefficient (Wildman–Crippen LogP) is 4.03. The molecule has 2 heterocycles. The van der Waals surface area contributed by atoms with Gasteiger partial charge in [-0.3, -0.25) is 10.1 Å². The van der Waals surface area contributed by atoms with E-state index in [1.165, 1.54) is 11.1 Å². The Morgan fingerprint density at radius 1 is 0.929 bits per heavy atom. The maximum Gasteiger partial charge on any atom is 0.237 e. The zero-order valence-corrected chi connectivity index (χ0v) is 15.5. The van der Waals surface area contributed by atoms with Crippen LogP contribution in [0.3, 0.4) is 0 Å². The Kier molecular flexibility index (Phi) is 5.40. The third kappa shape index (κ3) is 4.07. The van der Waals surface area contributed by atoms with Crippen molar-refractivity contribution in [3.8, 4) is 22.8 Å². The molecule has 6 heteroatoms. The average Bonchev–Trinajstić information content (AvgIpc) is 3.29. The number of benzene rings is 2. The Bertz CT molecular complexity index is 984. The van der Waals surface area contributed by atoms with E-state index in [4.69, 9.17) is 4.74 Å². The highest BCUT2D eigenvalue weighted by Gasteiger charge is 2.14. The van der Waals surface area contributed by atoms with Gasteiger partial charge in [-0.05, 0) is 28.8 Å². The first-order valence-corrected chi connectivity index (χ1v) is 9.02. The summed E-state index contributed by atoms with van der Waals surface area (Å²) in [6, 6.07) is 16.6. The molecule has 0 bridgehead atoms. The SMILES string of the molecule is C[N]CC(c1ccc(Oc2cnccn2)cc1)c1ccc(-c2cn[nH]c2)cc1. The fourth-order valence-corrected chi connectivity index (χ4v) is 3.13. The van der Waals surface area contributed by atoms with E-state index >= 15 is 0 Å². The fraction of sp³-hybridized carbons (Fsp3) is 0.136. The van der Waals surface area contributed by atoms with E-state index in [0.29, 0.717) is 5.88 Å². The first-order chi connectivity index (χ1) is 13.8. The highest BCUT2D eigenvalue weighted by atomic mass is 16.5. The molecule has 1 N–H and O–H groups in total. The second-order valence-corrected chi connectivity index (χ2v) is 6.38. The lowest BCUT2D eigenvalue weighted by atomic mass is 9.90. The Hall–Kier alpha value is -3.51. The zero-order chi connectivity index (χ0) is 19.2. The van der Waals surface area contributed by atoms with Crippen molar-refractivity contribution in [2.24, 2.45) is 0 Å². The number of hydrogen-bond donors (Lipinski definition) is 1. The summed E-state index contributed by atoms with van der Waals surface area (Å²) in [4.78, 5) is 8.14. The summed E-state index contributed by atoms with van der Waals surface area (Å²) in [5.41, 5.74) is 4.62. The molecule has 0 spiro atoms. The molecule has 0 saturated heterocycles. The second kappa shape index (κ2) is 8.45. The number of likely N-dealkylation sites (N-methyl/N-ethyl adjacent to an activating group) is 1. The largest absolute Gasteiger partial charge is 0.438 e. The third-order valence-electron chi connectivity index (χ3n) is 4.55.